The molecule has 0 aliphatic heterocycles. The van der Waals surface area contributed by atoms with Gasteiger partial charge in [0.25, 0.3) is 5.69 Å². The maximum Gasteiger partial charge on any atom is 0.290 e. The molecule has 0 aliphatic carbocycles. The monoisotopic (exact) mass is 288 g/mol. The van der Waals surface area contributed by atoms with Crippen molar-refractivity contribution in [2.24, 2.45) is 0 Å². The summed E-state index contributed by atoms with van der Waals surface area (Å²) < 4.78 is 24.7. The highest BCUT2D eigenvalue weighted by Gasteiger charge is 2.11. The van der Waals surface area contributed by atoms with Gasteiger partial charge in [-0.2, -0.15) is 0 Å². The first-order valence-corrected chi connectivity index (χ1v) is 7.33. The third kappa shape index (κ3) is 4.79. The summed E-state index contributed by atoms with van der Waals surface area (Å²) in [5.41, 5.74) is 0.453. The number of aryl methyl sites for hydroxylation is 1. The molecule has 1 aromatic heterocycles. The highest BCUT2D eigenvalue weighted by atomic mass is 32.2. The Kier molecular flexibility index (Phi) is 5.19. The summed E-state index contributed by atoms with van der Waals surface area (Å²) in [5.74, 6) is 0.501. The molecule has 0 saturated heterocycles. The molecule has 0 aromatic carbocycles. The lowest BCUT2D eigenvalue weighted by Gasteiger charge is -2.07. The zero-order valence-corrected chi connectivity index (χ0v) is 11.5. The Labute approximate surface area is 111 Å². The van der Waals surface area contributed by atoms with Crippen molar-refractivity contribution in [2.75, 3.05) is 24.2 Å². The van der Waals surface area contributed by atoms with Gasteiger partial charge in [0.2, 0.25) is 10.0 Å². The van der Waals surface area contributed by atoms with Crippen LogP contribution in [0.2, 0.25) is 0 Å². The predicted molar refractivity (Wildman–Crippen MR) is 71.6 cm³/mol. The first-order valence-electron chi connectivity index (χ1n) is 5.68. The van der Waals surface area contributed by atoms with Crippen LogP contribution in [-0.2, 0) is 10.0 Å². The number of nitro groups is 1. The number of sulfonamides is 1. The lowest BCUT2D eigenvalue weighted by Crippen LogP contribution is -2.30. The molecule has 0 bridgehead atoms. The van der Waals surface area contributed by atoms with Crippen molar-refractivity contribution in [1.29, 1.82) is 0 Å². The van der Waals surface area contributed by atoms with Gasteiger partial charge in [0.15, 0.2) is 0 Å². The second kappa shape index (κ2) is 6.43. The van der Waals surface area contributed by atoms with Crippen LogP contribution in [0.25, 0.3) is 0 Å². The van der Waals surface area contributed by atoms with Crippen molar-refractivity contribution >= 4 is 21.5 Å². The van der Waals surface area contributed by atoms with Crippen molar-refractivity contribution in [3.05, 3.63) is 27.9 Å². The van der Waals surface area contributed by atoms with Crippen LogP contribution in [0.3, 0.4) is 0 Å². The number of aromatic nitrogens is 1. The van der Waals surface area contributed by atoms with E-state index in [2.05, 4.69) is 15.0 Å². The van der Waals surface area contributed by atoms with E-state index in [0.717, 1.165) is 0 Å². The van der Waals surface area contributed by atoms with E-state index >= 15 is 0 Å². The normalized spacial score (nSPS) is 11.3. The molecule has 0 radical (unpaired) electrons. The van der Waals surface area contributed by atoms with Crippen molar-refractivity contribution < 1.29 is 13.3 Å². The van der Waals surface area contributed by atoms with Gasteiger partial charge in [-0.15, -0.1) is 0 Å². The van der Waals surface area contributed by atoms with Crippen LogP contribution in [0.5, 0.6) is 0 Å². The number of hydrogen-bond donors (Lipinski definition) is 2. The third-order valence-electron chi connectivity index (χ3n) is 2.41. The van der Waals surface area contributed by atoms with Crippen LogP contribution in [0, 0.1) is 17.0 Å². The molecule has 0 amide bonds. The summed E-state index contributed by atoms with van der Waals surface area (Å²) in [7, 11) is -3.20. The molecule has 0 fully saturated rings. The van der Waals surface area contributed by atoms with Crippen LogP contribution in [0.1, 0.15) is 12.5 Å². The minimum absolute atomic E-state index is 0.0297. The first-order chi connectivity index (χ1) is 8.85. The summed E-state index contributed by atoms with van der Waals surface area (Å²) in [4.78, 5) is 14.0. The Bertz CT molecular complexity index is 559. The second-order valence-electron chi connectivity index (χ2n) is 3.84. The van der Waals surface area contributed by atoms with Gasteiger partial charge in [-0.05, 0) is 19.9 Å². The van der Waals surface area contributed by atoms with E-state index in [4.69, 9.17) is 0 Å². The zero-order valence-electron chi connectivity index (χ0n) is 10.7. The molecule has 1 heterocycles. The number of nitrogens with one attached hydrogen (secondary N) is 2. The minimum Gasteiger partial charge on any atom is -0.369 e. The standard InChI is InChI=1S/C10H16N4O4S/c1-3-19(17,18)13-5-4-11-10-6-8(2)9(7-12-10)14(15)16/h6-7,13H,3-5H2,1-2H3,(H,11,12). The molecule has 0 unspecified atom stereocenters. The Balaban J connectivity index is 2.51. The van der Waals surface area contributed by atoms with Crippen LogP contribution >= 0.6 is 0 Å². The number of pyridine rings is 1. The Morgan fingerprint density at radius 1 is 1.42 bits per heavy atom. The van der Waals surface area contributed by atoms with E-state index in [9.17, 15) is 18.5 Å². The van der Waals surface area contributed by atoms with Gasteiger partial charge in [0.05, 0.1) is 10.7 Å². The largest absolute Gasteiger partial charge is 0.369 e. The summed E-state index contributed by atoms with van der Waals surface area (Å²) in [6, 6.07) is 1.55. The van der Waals surface area contributed by atoms with Gasteiger partial charge >= 0.3 is 0 Å². The zero-order chi connectivity index (χ0) is 14.5. The molecule has 2 N–H and O–H groups in total. The molecule has 9 heteroatoms. The Morgan fingerprint density at radius 2 is 2.11 bits per heavy atom. The summed E-state index contributed by atoms with van der Waals surface area (Å²) in [6.45, 7) is 3.75. The maximum atomic E-state index is 11.2. The van der Waals surface area contributed by atoms with E-state index in [-0.39, 0.29) is 18.0 Å². The fraction of sp³-hybridized carbons (Fsp3) is 0.500. The molecule has 19 heavy (non-hydrogen) atoms. The lowest BCUT2D eigenvalue weighted by atomic mass is 10.2. The van der Waals surface area contributed by atoms with Gasteiger partial charge in [0, 0.05) is 18.7 Å². The van der Waals surface area contributed by atoms with E-state index in [1.54, 1.807) is 19.9 Å². The SMILES string of the molecule is CCS(=O)(=O)NCCNc1cc(C)c([N+](=O)[O-])cn1. The molecule has 0 aliphatic rings. The van der Waals surface area contributed by atoms with Crippen LogP contribution < -0.4 is 10.0 Å². The van der Waals surface area contributed by atoms with Crippen molar-refractivity contribution in [3.63, 3.8) is 0 Å². The van der Waals surface area contributed by atoms with Crippen molar-refractivity contribution in [3.8, 4) is 0 Å². The van der Waals surface area contributed by atoms with Gasteiger partial charge in [-0.25, -0.2) is 18.1 Å². The number of hydrogen-bond acceptors (Lipinski definition) is 6. The molecule has 1 rings (SSSR count). The summed E-state index contributed by atoms with van der Waals surface area (Å²) in [5, 5.41) is 13.5. The van der Waals surface area contributed by atoms with Crippen LogP contribution in [0.4, 0.5) is 11.5 Å². The van der Waals surface area contributed by atoms with E-state index in [0.29, 0.717) is 17.9 Å². The smallest absolute Gasteiger partial charge is 0.290 e. The van der Waals surface area contributed by atoms with Crippen molar-refractivity contribution in [1.82, 2.24) is 9.71 Å². The molecule has 1 aromatic rings. The van der Waals surface area contributed by atoms with Crippen LogP contribution in [-0.4, -0.2) is 37.2 Å². The number of rotatable bonds is 7. The quantitative estimate of drug-likeness (QED) is 0.432. The summed E-state index contributed by atoms with van der Waals surface area (Å²) in [6.07, 6.45) is 1.17. The van der Waals surface area contributed by atoms with E-state index in [1.165, 1.54) is 6.20 Å². The molecule has 0 spiro atoms. The van der Waals surface area contributed by atoms with Gasteiger partial charge in [0.1, 0.15) is 12.0 Å². The molecule has 0 atom stereocenters. The van der Waals surface area contributed by atoms with Gasteiger partial charge in [-0.1, -0.05) is 0 Å². The number of nitrogens with zero attached hydrogens (tertiary/aromatic N) is 2. The number of anilines is 1. The van der Waals surface area contributed by atoms with Crippen LogP contribution in [0.15, 0.2) is 12.3 Å². The van der Waals surface area contributed by atoms with Crippen molar-refractivity contribution in [2.45, 2.75) is 13.8 Å². The van der Waals surface area contributed by atoms with Gasteiger partial charge in [-0.3, -0.25) is 10.1 Å². The average Bonchev–Trinajstić information content (AvgIpc) is 2.34. The molecule has 106 valence electrons. The Hall–Kier alpha value is -1.74. The topological polar surface area (TPSA) is 114 Å². The lowest BCUT2D eigenvalue weighted by molar-refractivity contribution is -0.385. The minimum atomic E-state index is -3.20. The van der Waals surface area contributed by atoms with E-state index < -0.39 is 14.9 Å². The molecular weight excluding hydrogens is 272 g/mol. The highest BCUT2D eigenvalue weighted by Crippen LogP contribution is 2.18. The second-order valence-corrected chi connectivity index (χ2v) is 5.93. The summed E-state index contributed by atoms with van der Waals surface area (Å²) >= 11 is 0. The molecule has 0 saturated carbocycles. The Morgan fingerprint density at radius 3 is 2.63 bits per heavy atom. The molecular formula is C10H16N4O4S. The first kappa shape index (κ1) is 15.3. The third-order valence-corrected chi connectivity index (χ3v) is 3.82. The van der Waals surface area contributed by atoms with Gasteiger partial charge < -0.3 is 5.32 Å². The maximum absolute atomic E-state index is 11.2. The van der Waals surface area contributed by atoms with E-state index in [1.807, 2.05) is 0 Å². The fourth-order valence-electron chi connectivity index (χ4n) is 1.34. The predicted octanol–water partition coefficient (Wildman–Crippen LogP) is 0.649. The highest BCUT2D eigenvalue weighted by molar-refractivity contribution is 7.89. The average molecular weight is 288 g/mol. The molecule has 8 nitrogen and oxygen atoms in total. The fourth-order valence-corrected chi connectivity index (χ4v) is 1.95.